The van der Waals surface area contributed by atoms with Gasteiger partial charge in [-0.15, -0.1) is 0 Å². The summed E-state index contributed by atoms with van der Waals surface area (Å²) in [6.07, 6.45) is -0.491. The van der Waals surface area contributed by atoms with E-state index in [2.05, 4.69) is 0 Å². The molecule has 0 bridgehead atoms. The smallest absolute Gasteiger partial charge is 0.178 e. The lowest BCUT2D eigenvalue weighted by Crippen LogP contribution is -2.25. The van der Waals surface area contributed by atoms with Gasteiger partial charge in [0.15, 0.2) is 9.84 Å². The normalized spacial score (nSPS) is 11.6. The van der Waals surface area contributed by atoms with E-state index in [4.69, 9.17) is 0 Å². The molecule has 0 saturated carbocycles. The summed E-state index contributed by atoms with van der Waals surface area (Å²) in [4.78, 5) is 10.5. The lowest BCUT2D eigenvalue weighted by atomic mass is 10.1. The van der Waals surface area contributed by atoms with Gasteiger partial charge in [-0.25, -0.2) is 8.42 Å². The fraction of sp³-hybridized carbons (Fsp3) is 0.154. The number of benzene rings is 2. The van der Waals surface area contributed by atoms with Gasteiger partial charge in [-0.1, -0.05) is 30.3 Å². The van der Waals surface area contributed by atoms with Gasteiger partial charge in [0.2, 0.25) is 0 Å². The highest BCUT2D eigenvalue weighted by Gasteiger charge is 2.14. The fourth-order valence-electron chi connectivity index (χ4n) is 1.70. The molecular weight excluding hydrogens is 252 g/mol. The van der Waals surface area contributed by atoms with E-state index in [-0.39, 0.29) is 4.90 Å². The Morgan fingerprint density at radius 2 is 1.72 bits per heavy atom. The molecule has 0 spiro atoms. The second-order valence-corrected chi connectivity index (χ2v) is 6.06. The van der Waals surface area contributed by atoms with Crippen LogP contribution in [0.15, 0.2) is 47.4 Å². The Balaban J connectivity index is 2.38. The van der Waals surface area contributed by atoms with Crippen molar-refractivity contribution >= 4 is 26.6 Å². The second-order valence-electron chi connectivity index (χ2n) is 3.95. The van der Waals surface area contributed by atoms with Gasteiger partial charge in [0, 0.05) is 12.4 Å². The molecule has 2 aromatic rings. The van der Waals surface area contributed by atoms with Crippen LogP contribution < -0.4 is 5.11 Å². The first-order valence-electron chi connectivity index (χ1n) is 5.40. The van der Waals surface area contributed by atoms with E-state index in [0.29, 0.717) is 0 Å². The molecule has 0 aromatic heterocycles. The SMILES string of the molecule is O=C([O-])CCS(=O)(=O)c1ccc2ccccc2c1. The first-order valence-corrected chi connectivity index (χ1v) is 7.06. The molecule has 0 aliphatic carbocycles. The van der Waals surface area contributed by atoms with Crippen LogP contribution in [-0.4, -0.2) is 20.1 Å². The van der Waals surface area contributed by atoms with E-state index in [1.165, 1.54) is 6.07 Å². The molecule has 0 aliphatic heterocycles. The van der Waals surface area contributed by atoms with E-state index in [0.717, 1.165) is 10.8 Å². The molecule has 0 aliphatic rings. The Hall–Kier alpha value is -1.88. The van der Waals surface area contributed by atoms with Crippen molar-refractivity contribution in [3.8, 4) is 0 Å². The van der Waals surface area contributed by atoms with Crippen LogP contribution in [0.4, 0.5) is 0 Å². The summed E-state index contributed by atoms with van der Waals surface area (Å²) >= 11 is 0. The molecule has 0 N–H and O–H groups in total. The third kappa shape index (κ3) is 2.68. The van der Waals surface area contributed by atoms with Crippen LogP contribution in [0.3, 0.4) is 0 Å². The van der Waals surface area contributed by atoms with Crippen LogP contribution in [0.5, 0.6) is 0 Å². The van der Waals surface area contributed by atoms with Gasteiger partial charge in [0.1, 0.15) is 0 Å². The van der Waals surface area contributed by atoms with Crippen molar-refractivity contribution in [1.29, 1.82) is 0 Å². The zero-order valence-electron chi connectivity index (χ0n) is 9.50. The summed E-state index contributed by atoms with van der Waals surface area (Å²) in [5.41, 5.74) is 0. The minimum Gasteiger partial charge on any atom is -0.550 e. The number of carbonyl (C=O) groups excluding carboxylic acids is 1. The van der Waals surface area contributed by atoms with E-state index in [9.17, 15) is 18.3 Å². The molecule has 94 valence electrons. The van der Waals surface area contributed by atoms with Crippen LogP contribution >= 0.6 is 0 Å². The maximum absolute atomic E-state index is 11.9. The summed E-state index contributed by atoms with van der Waals surface area (Å²) in [6.45, 7) is 0. The summed E-state index contributed by atoms with van der Waals surface area (Å²) in [5, 5.41) is 12.1. The minimum atomic E-state index is -3.57. The number of carboxylic acid groups (broad SMARTS) is 1. The molecule has 0 heterocycles. The van der Waals surface area contributed by atoms with E-state index in [1.54, 1.807) is 12.1 Å². The van der Waals surface area contributed by atoms with Crippen LogP contribution in [0.1, 0.15) is 6.42 Å². The molecule has 0 unspecified atom stereocenters. The average molecular weight is 263 g/mol. The van der Waals surface area contributed by atoms with Gasteiger partial charge in [0.25, 0.3) is 0 Å². The third-order valence-electron chi connectivity index (χ3n) is 2.65. The van der Waals surface area contributed by atoms with Crippen LogP contribution in [0, 0.1) is 0 Å². The molecule has 5 heteroatoms. The maximum Gasteiger partial charge on any atom is 0.178 e. The van der Waals surface area contributed by atoms with Gasteiger partial charge < -0.3 is 9.90 Å². The molecule has 0 atom stereocenters. The Kier molecular flexibility index (Phi) is 3.34. The highest BCUT2D eigenvalue weighted by molar-refractivity contribution is 7.91. The number of sulfone groups is 1. The molecule has 2 aromatic carbocycles. The third-order valence-corrected chi connectivity index (χ3v) is 4.37. The van der Waals surface area contributed by atoms with E-state index < -0.39 is 28.0 Å². The van der Waals surface area contributed by atoms with Crippen molar-refractivity contribution in [2.45, 2.75) is 11.3 Å². The van der Waals surface area contributed by atoms with Crippen LogP contribution in [0.2, 0.25) is 0 Å². The zero-order chi connectivity index (χ0) is 13.2. The number of aliphatic carboxylic acids is 1. The van der Waals surface area contributed by atoms with Gasteiger partial charge in [-0.2, -0.15) is 0 Å². The standard InChI is InChI=1S/C13H12O4S/c14-13(15)7-8-18(16,17)12-6-5-10-3-1-2-4-11(10)9-12/h1-6,9H,7-8H2,(H,14,15)/p-1. The largest absolute Gasteiger partial charge is 0.550 e. The fourth-order valence-corrected chi connectivity index (χ4v) is 2.95. The van der Waals surface area contributed by atoms with Crippen LogP contribution in [0.25, 0.3) is 10.8 Å². The minimum absolute atomic E-state index is 0.141. The lowest BCUT2D eigenvalue weighted by molar-refractivity contribution is -0.305. The molecule has 18 heavy (non-hydrogen) atoms. The topological polar surface area (TPSA) is 74.3 Å². The highest BCUT2D eigenvalue weighted by Crippen LogP contribution is 2.20. The molecule has 2 rings (SSSR count). The van der Waals surface area contributed by atoms with Gasteiger partial charge in [-0.3, -0.25) is 0 Å². The number of carboxylic acids is 1. The highest BCUT2D eigenvalue weighted by atomic mass is 32.2. The van der Waals surface area contributed by atoms with Crippen molar-refractivity contribution in [3.63, 3.8) is 0 Å². The summed E-state index contributed by atoms with van der Waals surface area (Å²) in [5.74, 6) is -1.80. The Bertz CT molecular complexity index is 689. The van der Waals surface area contributed by atoms with Crippen molar-refractivity contribution in [1.82, 2.24) is 0 Å². The number of hydrogen-bond donors (Lipinski definition) is 0. The number of fused-ring (bicyclic) bond motifs is 1. The number of hydrogen-bond acceptors (Lipinski definition) is 4. The molecule has 0 fully saturated rings. The predicted octanol–water partition coefficient (Wildman–Crippen LogP) is 0.753. The lowest BCUT2D eigenvalue weighted by Gasteiger charge is -2.06. The Morgan fingerprint density at radius 1 is 1.06 bits per heavy atom. The first kappa shape index (κ1) is 12.6. The Morgan fingerprint density at radius 3 is 2.39 bits per heavy atom. The van der Waals surface area contributed by atoms with Crippen molar-refractivity contribution in [3.05, 3.63) is 42.5 Å². The molecule has 4 nitrogen and oxygen atoms in total. The van der Waals surface area contributed by atoms with Crippen molar-refractivity contribution in [2.75, 3.05) is 5.75 Å². The van der Waals surface area contributed by atoms with Crippen molar-refractivity contribution < 1.29 is 18.3 Å². The zero-order valence-corrected chi connectivity index (χ0v) is 10.3. The maximum atomic E-state index is 11.9. The summed E-state index contributed by atoms with van der Waals surface area (Å²) in [7, 11) is -3.57. The van der Waals surface area contributed by atoms with Gasteiger partial charge in [0.05, 0.1) is 10.6 Å². The van der Waals surface area contributed by atoms with Gasteiger partial charge >= 0.3 is 0 Å². The first-order chi connectivity index (χ1) is 8.49. The monoisotopic (exact) mass is 263 g/mol. The van der Waals surface area contributed by atoms with Crippen molar-refractivity contribution in [2.24, 2.45) is 0 Å². The van der Waals surface area contributed by atoms with Crippen LogP contribution in [-0.2, 0) is 14.6 Å². The van der Waals surface area contributed by atoms with E-state index in [1.807, 2.05) is 24.3 Å². The number of rotatable bonds is 4. The average Bonchev–Trinajstić information content (AvgIpc) is 2.36. The van der Waals surface area contributed by atoms with Gasteiger partial charge in [-0.05, 0) is 22.9 Å². The predicted molar refractivity (Wildman–Crippen MR) is 65.6 cm³/mol. The molecule has 0 radical (unpaired) electrons. The quantitative estimate of drug-likeness (QED) is 0.816. The Labute approximate surface area is 105 Å². The second kappa shape index (κ2) is 4.78. The summed E-state index contributed by atoms with van der Waals surface area (Å²) < 4.78 is 23.8. The molecular formula is C13H11O4S-. The molecule has 0 amide bonds. The summed E-state index contributed by atoms with van der Waals surface area (Å²) in [6, 6.07) is 12.1. The van der Waals surface area contributed by atoms with E-state index >= 15 is 0 Å². The number of carbonyl (C=O) groups is 1. The molecule has 0 saturated heterocycles.